The number of nitrogens with zero attached hydrogens (tertiary/aromatic N) is 1. The molecule has 0 saturated heterocycles. The van der Waals surface area contributed by atoms with Crippen molar-refractivity contribution >= 4 is 5.91 Å². The lowest BCUT2D eigenvalue weighted by Gasteiger charge is -2.22. The third kappa shape index (κ3) is 2.36. The number of benzene rings is 1. The van der Waals surface area contributed by atoms with Gasteiger partial charge in [0, 0.05) is 18.5 Å². The molecule has 0 aromatic heterocycles. The third-order valence-electron chi connectivity index (χ3n) is 3.89. The highest BCUT2D eigenvalue weighted by Gasteiger charge is 2.44. The summed E-state index contributed by atoms with van der Waals surface area (Å²) in [7, 11) is 0. The van der Waals surface area contributed by atoms with Crippen molar-refractivity contribution in [2.75, 3.05) is 0 Å². The quantitative estimate of drug-likeness (QED) is 0.777. The Kier molecular flexibility index (Phi) is 2.65. The molecule has 1 aromatic carbocycles. The molecule has 2 heteroatoms. The molecule has 2 aliphatic rings. The molecule has 0 spiro atoms. The van der Waals surface area contributed by atoms with Crippen LogP contribution in [0.15, 0.2) is 30.3 Å². The molecule has 1 amide bonds. The molecule has 1 aromatic rings. The number of amides is 1. The Morgan fingerprint density at radius 3 is 2.47 bits per heavy atom. The summed E-state index contributed by atoms with van der Waals surface area (Å²) in [6.07, 6.45) is 3.48. The molecule has 17 heavy (non-hydrogen) atoms. The Balaban J connectivity index is 1.70. The lowest BCUT2D eigenvalue weighted by Crippen LogP contribution is -2.34. The highest BCUT2D eigenvalue weighted by Crippen LogP contribution is 2.41. The van der Waals surface area contributed by atoms with Crippen LogP contribution in [0.2, 0.25) is 0 Å². The van der Waals surface area contributed by atoms with E-state index in [1.54, 1.807) is 0 Å². The van der Waals surface area contributed by atoms with Crippen molar-refractivity contribution in [1.29, 1.82) is 0 Å². The summed E-state index contributed by atoms with van der Waals surface area (Å²) in [5.41, 5.74) is 1.25. The molecule has 0 bridgehead atoms. The average Bonchev–Trinajstić information content (AvgIpc) is 3.22. The molecule has 0 heterocycles. The zero-order chi connectivity index (χ0) is 11.8. The van der Waals surface area contributed by atoms with Gasteiger partial charge in [-0.05, 0) is 30.7 Å². The fourth-order valence-corrected chi connectivity index (χ4v) is 2.43. The van der Waals surface area contributed by atoms with Gasteiger partial charge in [0.15, 0.2) is 0 Å². The van der Waals surface area contributed by atoms with E-state index in [-0.39, 0.29) is 0 Å². The van der Waals surface area contributed by atoms with Gasteiger partial charge in [-0.15, -0.1) is 0 Å². The molecular weight excluding hydrogens is 210 g/mol. The van der Waals surface area contributed by atoms with E-state index in [1.807, 2.05) is 18.2 Å². The first kappa shape index (κ1) is 10.8. The summed E-state index contributed by atoms with van der Waals surface area (Å²) < 4.78 is 0. The molecule has 2 fully saturated rings. The number of hydrogen-bond donors (Lipinski definition) is 0. The maximum absolute atomic E-state index is 12.3. The van der Waals surface area contributed by atoms with E-state index in [0.717, 1.165) is 13.0 Å². The van der Waals surface area contributed by atoms with E-state index in [9.17, 15) is 4.79 Å². The Hall–Kier alpha value is -1.31. The van der Waals surface area contributed by atoms with Gasteiger partial charge in [-0.1, -0.05) is 37.3 Å². The van der Waals surface area contributed by atoms with E-state index in [1.165, 1.54) is 18.4 Å². The predicted molar refractivity (Wildman–Crippen MR) is 67.3 cm³/mol. The van der Waals surface area contributed by atoms with Crippen molar-refractivity contribution in [2.45, 2.75) is 38.8 Å². The maximum atomic E-state index is 12.3. The van der Waals surface area contributed by atoms with Gasteiger partial charge in [0.2, 0.25) is 5.91 Å². The van der Waals surface area contributed by atoms with Gasteiger partial charge in [0.25, 0.3) is 0 Å². The number of carbonyl (C=O) groups excluding carboxylic acids is 1. The first-order chi connectivity index (χ1) is 8.25. The Labute approximate surface area is 103 Å². The van der Waals surface area contributed by atoms with Crippen LogP contribution in [0.5, 0.6) is 0 Å². The molecule has 0 radical (unpaired) electrons. The second-order valence-electron chi connectivity index (χ2n) is 5.50. The predicted octanol–water partition coefficient (Wildman–Crippen LogP) is 2.83. The smallest absolute Gasteiger partial charge is 0.226 e. The average molecular weight is 229 g/mol. The number of hydrogen-bond acceptors (Lipinski definition) is 1. The van der Waals surface area contributed by atoms with Crippen LogP contribution in [0.1, 0.15) is 31.7 Å². The van der Waals surface area contributed by atoms with Crippen LogP contribution < -0.4 is 0 Å². The normalized spacial score (nSPS) is 26.6. The minimum absolute atomic E-state index is 0.319. The van der Waals surface area contributed by atoms with E-state index in [4.69, 9.17) is 0 Å². The largest absolute Gasteiger partial charge is 0.335 e. The SMILES string of the molecule is CC1CC1C(=O)N(Cc1ccccc1)C1CC1. The fraction of sp³-hybridized carbons (Fsp3) is 0.533. The second-order valence-corrected chi connectivity index (χ2v) is 5.50. The van der Waals surface area contributed by atoms with Gasteiger partial charge in [-0.2, -0.15) is 0 Å². The van der Waals surface area contributed by atoms with Crippen molar-refractivity contribution in [1.82, 2.24) is 4.90 Å². The number of carbonyl (C=O) groups is 1. The first-order valence-electron chi connectivity index (χ1n) is 6.60. The van der Waals surface area contributed by atoms with Gasteiger partial charge < -0.3 is 4.90 Å². The van der Waals surface area contributed by atoms with Gasteiger partial charge in [-0.3, -0.25) is 4.79 Å². The van der Waals surface area contributed by atoms with Crippen molar-refractivity contribution in [3.05, 3.63) is 35.9 Å². The summed E-state index contributed by atoms with van der Waals surface area (Å²) >= 11 is 0. The van der Waals surface area contributed by atoms with Gasteiger partial charge >= 0.3 is 0 Å². The summed E-state index contributed by atoms with van der Waals surface area (Å²) in [6, 6.07) is 10.9. The van der Waals surface area contributed by atoms with Crippen LogP contribution >= 0.6 is 0 Å². The van der Waals surface area contributed by atoms with E-state index >= 15 is 0 Å². The third-order valence-corrected chi connectivity index (χ3v) is 3.89. The van der Waals surface area contributed by atoms with Crippen LogP contribution in [-0.2, 0) is 11.3 Å². The van der Waals surface area contributed by atoms with Gasteiger partial charge in [-0.25, -0.2) is 0 Å². The van der Waals surface area contributed by atoms with E-state index in [2.05, 4.69) is 24.0 Å². The van der Waals surface area contributed by atoms with Crippen molar-refractivity contribution < 1.29 is 4.79 Å². The van der Waals surface area contributed by atoms with Crippen molar-refractivity contribution in [2.24, 2.45) is 11.8 Å². The number of rotatable bonds is 4. The van der Waals surface area contributed by atoms with Gasteiger partial charge in [0.1, 0.15) is 0 Å². The summed E-state index contributed by atoms with van der Waals surface area (Å²) in [5, 5.41) is 0. The molecule has 0 aliphatic heterocycles. The zero-order valence-corrected chi connectivity index (χ0v) is 10.3. The minimum atomic E-state index is 0.319. The molecule has 2 nitrogen and oxygen atoms in total. The molecule has 0 N–H and O–H groups in total. The molecule has 90 valence electrons. The second kappa shape index (κ2) is 4.17. The summed E-state index contributed by atoms with van der Waals surface area (Å²) in [5.74, 6) is 1.32. The zero-order valence-electron chi connectivity index (χ0n) is 10.3. The highest BCUT2D eigenvalue weighted by molar-refractivity contribution is 5.82. The molecule has 3 rings (SSSR count). The monoisotopic (exact) mass is 229 g/mol. The van der Waals surface area contributed by atoms with Crippen LogP contribution in [0.25, 0.3) is 0 Å². The highest BCUT2D eigenvalue weighted by atomic mass is 16.2. The Bertz CT molecular complexity index is 410. The molecule has 2 aliphatic carbocycles. The van der Waals surface area contributed by atoms with Crippen molar-refractivity contribution in [3.63, 3.8) is 0 Å². The van der Waals surface area contributed by atoms with Crippen LogP contribution in [0.4, 0.5) is 0 Å². The molecular formula is C15H19NO. The van der Waals surface area contributed by atoms with E-state index < -0.39 is 0 Å². The van der Waals surface area contributed by atoms with Gasteiger partial charge in [0.05, 0.1) is 0 Å². The lowest BCUT2D eigenvalue weighted by molar-refractivity contribution is -0.134. The maximum Gasteiger partial charge on any atom is 0.226 e. The van der Waals surface area contributed by atoms with Crippen molar-refractivity contribution in [3.8, 4) is 0 Å². The fourth-order valence-electron chi connectivity index (χ4n) is 2.43. The topological polar surface area (TPSA) is 20.3 Å². The molecule has 2 saturated carbocycles. The van der Waals surface area contributed by atoms with E-state index in [0.29, 0.717) is 23.8 Å². The molecule has 2 atom stereocenters. The standard InChI is InChI=1S/C15H19NO/c1-11-9-14(11)15(17)16(13-7-8-13)10-12-5-3-2-4-6-12/h2-6,11,13-14H,7-10H2,1H3. The van der Waals surface area contributed by atoms with Crippen LogP contribution in [-0.4, -0.2) is 16.8 Å². The summed E-state index contributed by atoms with van der Waals surface area (Å²) in [6.45, 7) is 2.98. The van der Waals surface area contributed by atoms with Crippen LogP contribution in [0, 0.1) is 11.8 Å². The Morgan fingerprint density at radius 2 is 1.94 bits per heavy atom. The minimum Gasteiger partial charge on any atom is -0.335 e. The Morgan fingerprint density at radius 1 is 1.29 bits per heavy atom. The first-order valence-corrected chi connectivity index (χ1v) is 6.60. The lowest BCUT2D eigenvalue weighted by atomic mass is 10.2. The van der Waals surface area contributed by atoms with Crippen LogP contribution in [0.3, 0.4) is 0 Å². The molecule has 2 unspecified atom stereocenters. The summed E-state index contributed by atoms with van der Waals surface area (Å²) in [4.78, 5) is 14.4.